The van der Waals surface area contributed by atoms with Crippen LogP contribution >= 0.6 is 0 Å². The molecule has 2 rings (SSSR count). The minimum Gasteiger partial charge on any atom is -0.496 e. The highest BCUT2D eigenvalue weighted by molar-refractivity contribution is 6.02. The van der Waals surface area contributed by atoms with Crippen LogP contribution in [0.15, 0.2) is 24.3 Å². The summed E-state index contributed by atoms with van der Waals surface area (Å²) in [7, 11) is 6.33. The molecule has 0 spiro atoms. The van der Waals surface area contributed by atoms with Crippen molar-refractivity contribution in [1.29, 1.82) is 0 Å². The Hall–Kier alpha value is -2.18. The molecule has 0 aliphatic carbocycles. The average molecular weight is 308 g/mol. The molecule has 0 saturated carbocycles. The van der Waals surface area contributed by atoms with Crippen LogP contribution in [0.5, 0.6) is 23.0 Å². The van der Waals surface area contributed by atoms with E-state index in [4.69, 9.17) is 28.4 Å². The summed E-state index contributed by atoms with van der Waals surface area (Å²) in [4.78, 5) is 0. The van der Waals surface area contributed by atoms with E-state index in [1.807, 2.05) is 12.1 Å². The number of fused-ring (bicyclic) bond motifs is 1. The van der Waals surface area contributed by atoms with Crippen molar-refractivity contribution >= 4 is 10.8 Å². The van der Waals surface area contributed by atoms with E-state index in [0.29, 0.717) is 23.0 Å². The summed E-state index contributed by atoms with van der Waals surface area (Å²) >= 11 is 0. The first-order valence-corrected chi connectivity index (χ1v) is 6.68. The van der Waals surface area contributed by atoms with E-state index in [1.165, 1.54) is 0 Å². The van der Waals surface area contributed by atoms with E-state index >= 15 is 0 Å². The Kier molecular flexibility index (Phi) is 5.68. The van der Waals surface area contributed by atoms with Crippen LogP contribution < -0.4 is 18.9 Å². The molecule has 0 saturated heterocycles. The van der Waals surface area contributed by atoms with Crippen LogP contribution in [-0.4, -0.2) is 42.0 Å². The molecule has 6 nitrogen and oxygen atoms in total. The number of ether oxygens (including phenoxy) is 6. The fourth-order valence-electron chi connectivity index (χ4n) is 2.20. The molecule has 0 aliphatic rings. The molecule has 6 heteroatoms. The Bertz CT molecular complexity index is 571. The zero-order valence-corrected chi connectivity index (χ0v) is 13.2. The highest BCUT2D eigenvalue weighted by atomic mass is 16.7. The van der Waals surface area contributed by atoms with Crippen LogP contribution in [0.3, 0.4) is 0 Å². The van der Waals surface area contributed by atoms with Gasteiger partial charge in [0.1, 0.15) is 23.0 Å². The Balaban J connectivity index is 2.67. The van der Waals surface area contributed by atoms with Crippen molar-refractivity contribution in [3.8, 4) is 23.0 Å². The Labute approximate surface area is 129 Å². The smallest absolute Gasteiger partial charge is 0.188 e. The third-order valence-electron chi connectivity index (χ3n) is 3.11. The molecule has 0 fully saturated rings. The third-order valence-corrected chi connectivity index (χ3v) is 3.11. The molecule has 22 heavy (non-hydrogen) atoms. The van der Waals surface area contributed by atoms with E-state index < -0.39 is 0 Å². The van der Waals surface area contributed by atoms with Gasteiger partial charge in [0.25, 0.3) is 0 Å². The fraction of sp³-hybridized carbons (Fsp3) is 0.375. The van der Waals surface area contributed by atoms with Crippen molar-refractivity contribution in [1.82, 2.24) is 0 Å². The largest absolute Gasteiger partial charge is 0.496 e. The zero-order valence-electron chi connectivity index (χ0n) is 13.2. The van der Waals surface area contributed by atoms with Gasteiger partial charge < -0.3 is 28.4 Å². The topological polar surface area (TPSA) is 55.4 Å². The van der Waals surface area contributed by atoms with Crippen molar-refractivity contribution in [2.75, 3.05) is 42.0 Å². The van der Waals surface area contributed by atoms with Gasteiger partial charge in [0.05, 0.1) is 25.0 Å². The number of hydrogen-bond acceptors (Lipinski definition) is 6. The molecule has 0 amide bonds. The standard InChI is InChI=1S/C16H20O6/c1-17-9-21-13-7-8-14(22-10-18-2)16-12(20-4)6-5-11(19-3)15(13)16/h5-8H,9-10H2,1-4H3. The predicted octanol–water partition coefficient (Wildman–Crippen LogP) is 2.82. The van der Waals surface area contributed by atoms with E-state index in [9.17, 15) is 0 Å². The summed E-state index contributed by atoms with van der Waals surface area (Å²) in [6.45, 7) is 0.265. The first-order valence-electron chi connectivity index (χ1n) is 6.68. The van der Waals surface area contributed by atoms with Gasteiger partial charge in [0.15, 0.2) is 13.6 Å². The van der Waals surface area contributed by atoms with E-state index in [-0.39, 0.29) is 13.6 Å². The lowest BCUT2D eigenvalue weighted by Crippen LogP contribution is -2.03. The molecule has 0 N–H and O–H groups in total. The van der Waals surface area contributed by atoms with Gasteiger partial charge in [-0.05, 0) is 24.3 Å². The lowest BCUT2D eigenvalue weighted by atomic mass is 10.1. The molecule has 0 aliphatic heterocycles. The predicted molar refractivity (Wildman–Crippen MR) is 82.1 cm³/mol. The SMILES string of the molecule is COCOc1ccc(OCOC)c2c(OC)ccc(OC)c12. The highest BCUT2D eigenvalue weighted by Crippen LogP contribution is 2.44. The molecule has 2 aromatic carbocycles. The molecule has 0 heterocycles. The summed E-state index contributed by atoms with van der Waals surface area (Å²) < 4.78 is 32.1. The first kappa shape index (κ1) is 16.2. The third kappa shape index (κ3) is 3.18. The molecular formula is C16H20O6. The normalized spacial score (nSPS) is 10.5. The van der Waals surface area contributed by atoms with Gasteiger partial charge in [-0.2, -0.15) is 0 Å². The molecule has 0 radical (unpaired) electrons. The van der Waals surface area contributed by atoms with Crippen molar-refractivity contribution in [2.24, 2.45) is 0 Å². The lowest BCUT2D eigenvalue weighted by molar-refractivity contribution is 0.0499. The van der Waals surface area contributed by atoms with Gasteiger partial charge in [-0.15, -0.1) is 0 Å². The Morgan fingerprint density at radius 1 is 0.591 bits per heavy atom. The molecule has 0 atom stereocenters. The summed E-state index contributed by atoms with van der Waals surface area (Å²) in [6.07, 6.45) is 0. The monoisotopic (exact) mass is 308 g/mol. The molecule has 0 aromatic heterocycles. The van der Waals surface area contributed by atoms with Crippen LogP contribution in [0, 0.1) is 0 Å². The van der Waals surface area contributed by atoms with Gasteiger partial charge in [0.2, 0.25) is 0 Å². The van der Waals surface area contributed by atoms with E-state index in [0.717, 1.165) is 10.8 Å². The van der Waals surface area contributed by atoms with Gasteiger partial charge in [0, 0.05) is 14.2 Å². The summed E-state index contributed by atoms with van der Waals surface area (Å²) in [6, 6.07) is 7.24. The maximum Gasteiger partial charge on any atom is 0.188 e. The van der Waals surface area contributed by atoms with Crippen molar-refractivity contribution in [2.45, 2.75) is 0 Å². The Morgan fingerprint density at radius 2 is 0.955 bits per heavy atom. The van der Waals surface area contributed by atoms with Crippen LogP contribution in [0.25, 0.3) is 10.8 Å². The minimum atomic E-state index is 0.133. The quantitative estimate of drug-likeness (QED) is 0.699. The molecule has 0 unspecified atom stereocenters. The summed E-state index contributed by atoms with van der Waals surface area (Å²) in [5.41, 5.74) is 0. The summed E-state index contributed by atoms with van der Waals surface area (Å²) in [5, 5.41) is 1.51. The highest BCUT2D eigenvalue weighted by Gasteiger charge is 2.17. The van der Waals surface area contributed by atoms with Crippen LogP contribution in [-0.2, 0) is 9.47 Å². The summed E-state index contributed by atoms with van der Waals surface area (Å²) in [5.74, 6) is 2.56. The van der Waals surface area contributed by atoms with Gasteiger partial charge in [-0.25, -0.2) is 0 Å². The van der Waals surface area contributed by atoms with E-state index in [1.54, 1.807) is 40.6 Å². The lowest BCUT2D eigenvalue weighted by Gasteiger charge is -2.17. The molecular weight excluding hydrogens is 288 g/mol. The molecule has 0 bridgehead atoms. The molecule has 120 valence electrons. The first-order chi connectivity index (χ1) is 10.8. The van der Waals surface area contributed by atoms with Crippen LogP contribution in [0.1, 0.15) is 0 Å². The van der Waals surface area contributed by atoms with Crippen molar-refractivity contribution in [3.05, 3.63) is 24.3 Å². The van der Waals surface area contributed by atoms with Crippen molar-refractivity contribution in [3.63, 3.8) is 0 Å². The Morgan fingerprint density at radius 3 is 1.27 bits per heavy atom. The maximum absolute atomic E-state index is 5.63. The second-order valence-corrected chi connectivity index (χ2v) is 4.38. The van der Waals surface area contributed by atoms with Crippen LogP contribution in [0.4, 0.5) is 0 Å². The van der Waals surface area contributed by atoms with Gasteiger partial charge in [-0.1, -0.05) is 0 Å². The average Bonchev–Trinajstić information content (AvgIpc) is 2.57. The van der Waals surface area contributed by atoms with Crippen molar-refractivity contribution < 1.29 is 28.4 Å². The second-order valence-electron chi connectivity index (χ2n) is 4.38. The zero-order chi connectivity index (χ0) is 15.9. The van der Waals surface area contributed by atoms with E-state index in [2.05, 4.69) is 0 Å². The second kappa shape index (κ2) is 7.72. The number of hydrogen-bond donors (Lipinski definition) is 0. The number of benzene rings is 2. The maximum atomic E-state index is 5.63. The molecule has 2 aromatic rings. The fourth-order valence-corrected chi connectivity index (χ4v) is 2.20. The minimum absolute atomic E-state index is 0.133. The number of rotatable bonds is 8. The van der Waals surface area contributed by atoms with Gasteiger partial charge in [-0.3, -0.25) is 0 Å². The van der Waals surface area contributed by atoms with Crippen LogP contribution in [0.2, 0.25) is 0 Å². The van der Waals surface area contributed by atoms with Gasteiger partial charge >= 0.3 is 0 Å². The number of methoxy groups -OCH3 is 4.